The van der Waals surface area contributed by atoms with Gasteiger partial charge < -0.3 is 23.7 Å². The number of hydrogen-bond donors (Lipinski definition) is 0. The van der Waals surface area contributed by atoms with Gasteiger partial charge in [-0.15, -0.1) is 0 Å². The highest BCUT2D eigenvalue weighted by molar-refractivity contribution is 7.89. The molecule has 1 aromatic heterocycles. The second kappa shape index (κ2) is 15.9. The maximum atomic E-state index is 14.3. The molecule has 11 heteroatoms. The number of methoxy groups -OCH3 is 1. The molecule has 3 heterocycles. The minimum absolute atomic E-state index is 0.0644. The lowest BCUT2D eigenvalue weighted by atomic mass is 10.00. The summed E-state index contributed by atoms with van der Waals surface area (Å²) in [4.78, 5) is 18.5. The molecule has 1 amide bonds. The van der Waals surface area contributed by atoms with Gasteiger partial charge in [0.25, 0.3) is 0 Å². The first-order chi connectivity index (χ1) is 24.2. The largest absolute Gasteiger partial charge is 0.496 e. The first-order valence-corrected chi connectivity index (χ1v) is 18.7. The van der Waals surface area contributed by atoms with E-state index in [1.54, 1.807) is 20.1 Å². The molecular weight excluding hydrogens is 653 g/mol. The molecule has 0 N–H and O–H groups in total. The van der Waals surface area contributed by atoms with Crippen LogP contribution in [-0.2, 0) is 43.9 Å². The Morgan fingerprint density at radius 1 is 0.900 bits per heavy atom. The number of fused-ring (bicyclic) bond motifs is 1. The van der Waals surface area contributed by atoms with Crippen molar-refractivity contribution in [2.75, 3.05) is 59.7 Å². The molecule has 0 saturated carbocycles. The number of rotatable bonds is 13. The average molecular weight is 701 g/mol. The van der Waals surface area contributed by atoms with Crippen LogP contribution in [-0.4, -0.2) is 92.7 Å². The van der Waals surface area contributed by atoms with Gasteiger partial charge >= 0.3 is 0 Å². The predicted octanol–water partition coefficient (Wildman–Crippen LogP) is 5.09. The van der Waals surface area contributed by atoms with E-state index in [1.807, 2.05) is 67.3 Å². The molecule has 0 bridgehead atoms. The van der Waals surface area contributed by atoms with E-state index in [0.717, 1.165) is 55.2 Å². The molecule has 3 aromatic carbocycles. The number of nitrogens with zero attached hydrogens (tertiary/aromatic N) is 4. The summed E-state index contributed by atoms with van der Waals surface area (Å²) in [6.07, 6.45) is 0. The molecular formula is C39H48N4O6S. The molecule has 4 aromatic rings. The number of aromatic nitrogens is 1. The van der Waals surface area contributed by atoms with Crippen LogP contribution < -0.4 is 4.74 Å². The van der Waals surface area contributed by atoms with Gasteiger partial charge in [0, 0.05) is 57.2 Å². The summed E-state index contributed by atoms with van der Waals surface area (Å²) >= 11 is 0. The van der Waals surface area contributed by atoms with Crippen molar-refractivity contribution >= 4 is 15.9 Å². The molecule has 10 nitrogen and oxygen atoms in total. The summed E-state index contributed by atoms with van der Waals surface area (Å²) in [5.41, 5.74) is 6.29. The molecule has 0 aliphatic carbocycles. The van der Waals surface area contributed by atoms with Crippen LogP contribution in [0.5, 0.6) is 5.75 Å². The molecule has 1 fully saturated rings. The lowest BCUT2D eigenvalue weighted by molar-refractivity contribution is -0.139. The standard InChI is InChI=1S/C39H48N4O6S/c1-29-25-36(47-4)30(2)31(3)39(29)50(45,46)41(26-32-11-7-5-8-12-32)21-24-49-28-37(44)43-18-17-42-34(27-40-19-22-48-23-20-40)15-16-35(42)38(43)33-13-9-6-10-14-33/h5-16,25,38H,17-24,26-28H2,1-4H3. The Labute approximate surface area is 296 Å². The van der Waals surface area contributed by atoms with E-state index in [0.29, 0.717) is 30.0 Å². The molecule has 2 aliphatic rings. The van der Waals surface area contributed by atoms with Crippen LogP contribution in [0.25, 0.3) is 0 Å². The molecule has 266 valence electrons. The van der Waals surface area contributed by atoms with Crippen LogP contribution in [0, 0.1) is 20.8 Å². The van der Waals surface area contributed by atoms with Gasteiger partial charge in [-0.05, 0) is 66.8 Å². The Bertz CT molecular complexity index is 1870. The molecule has 0 radical (unpaired) electrons. The fourth-order valence-electron chi connectivity index (χ4n) is 7.16. The number of carbonyl (C=O) groups excluding carboxylic acids is 1. The van der Waals surface area contributed by atoms with E-state index in [1.165, 1.54) is 10.00 Å². The summed E-state index contributed by atoms with van der Waals surface area (Å²) in [5, 5.41) is 0. The molecule has 6 rings (SSSR count). The Morgan fingerprint density at radius 3 is 2.30 bits per heavy atom. The molecule has 1 atom stereocenters. The normalized spacial score (nSPS) is 16.8. The van der Waals surface area contributed by atoms with Crippen molar-refractivity contribution < 1.29 is 27.4 Å². The third-order valence-corrected chi connectivity index (χ3v) is 12.0. The quantitative estimate of drug-likeness (QED) is 0.180. The molecule has 1 saturated heterocycles. The number of morpholine rings is 1. The van der Waals surface area contributed by atoms with Crippen molar-refractivity contribution in [1.29, 1.82) is 0 Å². The monoisotopic (exact) mass is 700 g/mol. The van der Waals surface area contributed by atoms with Gasteiger partial charge in [0.15, 0.2) is 0 Å². The average Bonchev–Trinajstić information content (AvgIpc) is 3.54. The maximum absolute atomic E-state index is 14.3. The highest BCUT2D eigenvalue weighted by Gasteiger charge is 2.34. The molecule has 2 aliphatic heterocycles. The number of amides is 1. The van der Waals surface area contributed by atoms with Gasteiger partial charge in [0.2, 0.25) is 15.9 Å². The lowest BCUT2D eigenvalue weighted by Gasteiger charge is -2.38. The minimum atomic E-state index is -3.93. The fraction of sp³-hybridized carbons (Fsp3) is 0.410. The van der Waals surface area contributed by atoms with Crippen molar-refractivity contribution in [3.63, 3.8) is 0 Å². The van der Waals surface area contributed by atoms with Gasteiger partial charge in [0.1, 0.15) is 12.4 Å². The van der Waals surface area contributed by atoms with Gasteiger partial charge in [-0.25, -0.2) is 8.42 Å². The fourth-order valence-corrected chi connectivity index (χ4v) is 9.05. The number of aryl methyl sites for hydroxylation is 1. The Kier molecular flexibility index (Phi) is 11.4. The highest BCUT2D eigenvalue weighted by atomic mass is 32.2. The van der Waals surface area contributed by atoms with E-state index < -0.39 is 10.0 Å². The van der Waals surface area contributed by atoms with Crippen molar-refractivity contribution in [3.8, 4) is 5.75 Å². The van der Waals surface area contributed by atoms with Crippen LogP contribution in [0.1, 0.15) is 45.2 Å². The summed E-state index contributed by atoms with van der Waals surface area (Å²) in [5.74, 6) is 0.526. The summed E-state index contributed by atoms with van der Waals surface area (Å²) in [6, 6.07) is 25.5. The van der Waals surface area contributed by atoms with E-state index in [2.05, 4.69) is 33.7 Å². The van der Waals surface area contributed by atoms with Crippen LogP contribution in [0.2, 0.25) is 0 Å². The number of benzene rings is 3. The maximum Gasteiger partial charge on any atom is 0.249 e. The van der Waals surface area contributed by atoms with Gasteiger partial charge in [-0.1, -0.05) is 60.7 Å². The first-order valence-electron chi connectivity index (χ1n) is 17.3. The van der Waals surface area contributed by atoms with E-state index in [9.17, 15) is 13.2 Å². The second-order valence-electron chi connectivity index (χ2n) is 13.0. The Morgan fingerprint density at radius 2 is 1.60 bits per heavy atom. The number of ether oxygens (including phenoxy) is 3. The lowest BCUT2D eigenvalue weighted by Crippen LogP contribution is -2.45. The van der Waals surface area contributed by atoms with Crippen LogP contribution in [0.4, 0.5) is 0 Å². The smallest absolute Gasteiger partial charge is 0.249 e. The Balaban J connectivity index is 1.18. The van der Waals surface area contributed by atoms with Crippen LogP contribution in [0.3, 0.4) is 0 Å². The number of carbonyl (C=O) groups is 1. The third kappa shape index (κ3) is 7.67. The van der Waals surface area contributed by atoms with Crippen molar-refractivity contribution in [3.05, 3.63) is 118 Å². The second-order valence-corrected chi connectivity index (χ2v) is 14.9. The Hall–Kier alpha value is -4.00. The van der Waals surface area contributed by atoms with Crippen LogP contribution in [0.15, 0.2) is 83.8 Å². The van der Waals surface area contributed by atoms with E-state index in [4.69, 9.17) is 14.2 Å². The zero-order valence-corrected chi connectivity index (χ0v) is 30.3. The van der Waals surface area contributed by atoms with Gasteiger partial charge in [-0.3, -0.25) is 9.69 Å². The molecule has 0 spiro atoms. The van der Waals surface area contributed by atoms with Crippen molar-refractivity contribution in [1.82, 2.24) is 18.7 Å². The summed E-state index contributed by atoms with van der Waals surface area (Å²) in [7, 11) is -2.34. The van der Waals surface area contributed by atoms with E-state index >= 15 is 0 Å². The zero-order chi connectivity index (χ0) is 35.3. The SMILES string of the molecule is COc1cc(C)c(S(=O)(=O)N(CCOCC(=O)N2CCn3c(CN4CCOCC4)ccc3C2c2ccccc2)Cc2ccccc2)c(C)c1C. The van der Waals surface area contributed by atoms with Crippen molar-refractivity contribution in [2.45, 2.75) is 51.3 Å². The number of sulfonamides is 1. The third-order valence-electron chi connectivity index (χ3n) is 9.89. The molecule has 1 unspecified atom stereocenters. The van der Waals surface area contributed by atoms with Crippen molar-refractivity contribution in [2.24, 2.45) is 0 Å². The predicted molar refractivity (Wildman–Crippen MR) is 193 cm³/mol. The van der Waals surface area contributed by atoms with Crippen LogP contribution >= 0.6 is 0 Å². The van der Waals surface area contributed by atoms with Gasteiger partial charge in [-0.2, -0.15) is 4.31 Å². The molecule has 50 heavy (non-hydrogen) atoms. The summed E-state index contributed by atoms with van der Waals surface area (Å²) in [6.45, 7) is 11.1. The van der Waals surface area contributed by atoms with Gasteiger partial charge in [0.05, 0.1) is 37.9 Å². The van der Waals surface area contributed by atoms with E-state index in [-0.39, 0.29) is 43.1 Å². The highest BCUT2D eigenvalue weighted by Crippen LogP contribution is 2.35. The summed E-state index contributed by atoms with van der Waals surface area (Å²) < 4.78 is 49.4. The number of hydrogen-bond acceptors (Lipinski definition) is 7. The first kappa shape index (κ1) is 35.8. The minimum Gasteiger partial charge on any atom is -0.496 e. The zero-order valence-electron chi connectivity index (χ0n) is 29.5. The topological polar surface area (TPSA) is 93.5 Å².